The number of benzene rings is 3. The quantitative estimate of drug-likeness (QED) is 0.125. The number of fused-ring (bicyclic) bond motifs is 2. The van der Waals surface area contributed by atoms with Gasteiger partial charge < -0.3 is 26.4 Å². The van der Waals surface area contributed by atoms with Crippen LogP contribution in [0.2, 0.25) is 0 Å². The maximum Gasteiger partial charge on any atom is 0.268 e. The number of nitrogens with two attached hydrogens (primary N) is 2. The zero-order chi connectivity index (χ0) is 30.0. The fourth-order valence-corrected chi connectivity index (χ4v) is 7.21. The molecule has 0 saturated heterocycles. The molecule has 6 bridgehead atoms. The van der Waals surface area contributed by atoms with Gasteiger partial charge in [0.1, 0.15) is 11.5 Å². The number of phenols is 1. The SMILES string of the molecule is C[C@@H]1CCc2cc3ccc2[C@H]1C[C@@H](S(=O)(=O)O)[C@H](C=C[C@@H](O)c1ccc(O)cc1)Cc1ccc(cc1)[C@H](N=C(N)N)O3. The first-order valence-electron chi connectivity index (χ1n) is 14.1. The number of aliphatic hydroxyl groups excluding tert-OH is 1. The highest BCUT2D eigenvalue weighted by molar-refractivity contribution is 7.86. The highest BCUT2D eigenvalue weighted by Crippen LogP contribution is 2.43. The van der Waals surface area contributed by atoms with Gasteiger partial charge in [-0.25, -0.2) is 4.99 Å². The molecule has 0 radical (unpaired) electrons. The zero-order valence-corrected chi connectivity index (χ0v) is 24.2. The number of nitrogens with zero attached hydrogens (tertiary/aromatic N) is 1. The van der Waals surface area contributed by atoms with E-state index in [4.69, 9.17) is 16.2 Å². The van der Waals surface area contributed by atoms with Crippen molar-refractivity contribution in [2.45, 2.75) is 56.1 Å². The van der Waals surface area contributed by atoms with Gasteiger partial charge in [0, 0.05) is 11.5 Å². The Morgan fingerprint density at radius 1 is 1.07 bits per heavy atom. The van der Waals surface area contributed by atoms with Crippen LogP contribution in [0.15, 0.2) is 83.9 Å². The van der Waals surface area contributed by atoms with E-state index >= 15 is 0 Å². The second kappa shape index (κ2) is 12.2. The summed E-state index contributed by atoms with van der Waals surface area (Å²) in [6.45, 7) is 2.11. The summed E-state index contributed by atoms with van der Waals surface area (Å²) >= 11 is 0. The Morgan fingerprint density at radius 2 is 1.79 bits per heavy atom. The van der Waals surface area contributed by atoms with Gasteiger partial charge in [0.05, 0.1) is 11.4 Å². The molecule has 3 aromatic carbocycles. The molecule has 9 nitrogen and oxygen atoms in total. The first kappa shape index (κ1) is 29.6. The van der Waals surface area contributed by atoms with Crippen LogP contribution in [0.4, 0.5) is 0 Å². The first-order valence-corrected chi connectivity index (χ1v) is 15.6. The largest absolute Gasteiger partial charge is 0.508 e. The number of allylic oxidation sites excluding steroid dienone is 1. The van der Waals surface area contributed by atoms with Crippen LogP contribution in [0.1, 0.15) is 65.8 Å². The number of rotatable bonds is 5. The molecule has 6 atom stereocenters. The molecular weight excluding hydrogens is 554 g/mol. The minimum absolute atomic E-state index is 0.0770. The van der Waals surface area contributed by atoms with E-state index < -0.39 is 33.6 Å². The summed E-state index contributed by atoms with van der Waals surface area (Å²) in [4.78, 5) is 4.29. The van der Waals surface area contributed by atoms with Crippen molar-refractivity contribution in [3.63, 3.8) is 0 Å². The Labute approximate surface area is 246 Å². The molecule has 7 rings (SSSR count). The Bertz CT molecular complexity index is 1570. The van der Waals surface area contributed by atoms with Crippen molar-refractivity contribution in [3.05, 3.63) is 107 Å². The predicted octanol–water partition coefficient (Wildman–Crippen LogP) is 4.52. The number of guanidine groups is 1. The zero-order valence-electron chi connectivity index (χ0n) is 23.4. The summed E-state index contributed by atoms with van der Waals surface area (Å²) in [5, 5.41) is 19.3. The standard InChI is InChI=1S/C32H37N3O6S/c1-19-2-5-23-17-26-13-14-27(23)28(19)18-30(42(38,39)40)24(10-15-29(37)21-8-11-25(36)12-9-21)16-20-3-6-22(7-4-20)31(41-26)35-32(33)34/h3-4,6-15,17,19,24,28-31,36-37H,2,5,16,18H2,1H3,(H4,33,34,35)(H,38,39,40)/t19-,24-,28+,29-,30-,31-/m1/s1. The predicted molar refractivity (Wildman–Crippen MR) is 162 cm³/mol. The van der Waals surface area contributed by atoms with Crippen LogP contribution in [0.5, 0.6) is 11.5 Å². The normalized spacial score (nSPS) is 24.9. The summed E-state index contributed by atoms with van der Waals surface area (Å²) in [6.07, 6.45) is 3.61. The van der Waals surface area contributed by atoms with Gasteiger partial charge in [0.25, 0.3) is 10.1 Å². The van der Waals surface area contributed by atoms with Crippen molar-refractivity contribution >= 4 is 16.1 Å². The van der Waals surface area contributed by atoms with Crippen molar-refractivity contribution in [1.29, 1.82) is 0 Å². The number of aliphatic imine (C=N–C) groups is 1. The van der Waals surface area contributed by atoms with Gasteiger partial charge in [0.2, 0.25) is 6.23 Å². The lowest BCUT2D eigenvalue weighted by atomic mass is 9.72. The molecule has 7 N–H and O–H groups in total. The fourth-order valence-electron chi connectivity index (χ4n) is 6.13. The van der Waals surface area contributed by atoms with Crippen LogP contribution in [0.3, 0.4) is 0 Å². The summed E-state index contributed by atoms with van der Waals surface area (Å²) < 4.78 is 42.9. The molecule has 0 fully saturated rings. The van der Waals surface area contributed by atoms with E-state index in [9.17, 15) is 23.2 Å². The van der Waals surface area contributed by atoms with Gasteiger partial charge in [-0.2, -0.15) is 8.42 Å². The van der Waals surface area contributed by atoms with Crippen molar-refractivity contribution in [1.82, 2.24) is 0 Å². The molecule has 0 amide bonds. The van der Waals surface area contributed by atoms with Crippen LogP contribution in [0.25, 0.3) is 0 Å². The number of hydrogen-bond acceptors (Lipinski definition) is 6. The topological polar surface area (TPSA) is 168 Å². The average molecular weight is 592 g/mol. The molecule has 0 unspecified atom stereocenters. The fraction of sp³-hybridized carbons (Fsp3) is 0.344. The number of aromatic hydroxyl groups is 1. The molecule has 3 aliphatic heterocycles. The summed E-state index contributed by atoms with van der Waals surface area (Å²) in [5.74, 6) is -0.0104. The van der Waals surface area contributed by atoms with Gasteiger partial charge in [-0.15, -0.1) is 0 Å². The van der Waals surface area contributed by atoms with Crippen molar-refractivity contribution < 1.29 is 27.9 Å². The Balaban J connectivity index is 1.61. The van der Waals surface area contributed by atoms with Gasteiger partial charge in [-0.1, -0.05) is 61.5 Å². The second-order valence-electron chi connectivity index (χ2n) is 11.3. The molecule has 4 aliphatic rings. The Hall–Kier alpha value is -3.86. The molecule has 222 valence electrons. The maximum absolute atomic E-state index is 13.0. The highest BCUT2D eigenvalue weighted by Gasteiger charge is 2.37. The van der Waals surface area contributed by atoms with Crippen LogP contribution >= 0.6 is 0 Å². The number of phenolic OH excluding ortho intramolecular Hbond substituents is 1. The minimum atomic E-state index is -4.49. The molecular formula is C32H37N3O6S. The maximum atomic E-state index is 13.0. The number of aryl methyl sites for hydroxylation is 1. The summed E-state index contributed by atoms with van der Waals surface area (Å²) in [7, 11) is -4.49. The van der Waals surface area contributed by atoms with Gasteiger partial charge >= 0.3 is 0 Å². The van der Waals surface area contributed by atoms with E-state index in [-0.39, 0.29) is 30.0 Å². The van der Waals surface area contributed by atoms with Gasteiger partial charge in [-0.05, 0) is 84.0 Å². The summed E-state index contributed by atoms with van der Waals surface area (Å²) in [6, 6.07) is 19.3. The van der Waals surface area contributed by atoms with Crippen molar-refractivity contribution in [2.24, 2.45) is 28.3 Å². The third kappa shape index (κ3) is 6.78. The number of ether oxygens (including phenoxy) is 1. The van der Waals surface area contributed by atoms with Crippen molar-refractivity contribution in [2.75, 3.05) is 0 Å². The lowest BCUT2D eigenvalue weighted by Crippen LogP contribution is -2.34. The summed E-state index contributed by atoms with van der Waals surface area (Å²) in [5.41, 5.74) is 15.6. The van der Waals surface area contributed by atoms with Crippen LogP contribution in [-0.4, -0.2) is 34.4 Å². The first-order chi connectivity index (χ1) is 20.0. The van der Waals surface area contributed by atoms with Gasteiger partial charge in [-0.3, -0.25) is 4.55 Å². The lowest BCUT2D eigenvalue weighted by molar-refractivity contribution is 0.215. The van der Waals surface area contributed by atoms with E-state index in [2.05, 4.69) is 11.9 Å². The van der Waals surface area contributed by atoms with Gasteiger partial charge in [0.15, 0.2) is 5.96 Å². The van der Waals surface area contributed by atoms with Crippen LogP contribution in [0, 0.1) is 11.8 Å². The van der Waals surface area contributed by atoms with Crippen molar-refractivity contribution in [3.8, 4) is 11.5 Å². The monoisotopic (exact) mass is 591 g/mol. The van der Waals surface area contributed by atoms with E-state index in [0.29, 0.717) is 23.3 Å². The van der Waals surface area contributed by atoms with E-state index in [0.717, 1.165) is 29.5 Å². The van der Waals surface area contributed by atoms with Crippen LogP contribution < -0.4 is 16.2 Å². The number of aliphatic hydroxyl groups is 1. The molecule has 3 aromatic rings. The lowest BCUT2D eigenvalue weighted by Gasteiger charge is -2.35. The molecule has 42 heavy (non-hydrogen) atoms. The molecule has 3 heterocycles. The third-order valence-electron chi connectivity index (χ3n) is 8.44. The molecule has 0 aromatic heterocycles. The van der Waals surface area contributed by atoms with E-state index in [1.165, 1.54) is 12.1 Å². The molecule has 0 saturated carbocycles. The second-order valence-corrected chi connectivity index (χ2v) is 13.0. The minimum Gasteiger partial charge on any atom is -0.508 e. The van der Waals surface area contributed by atoms with Crippen LogP contribution in [-0.2, 0) is 23.0 Å². The average Bonchev–Trinajstić information content (AvgIpc) is 2.95. The number of hydrogen-bond donors (Lipinski definition) is 5. The molecule has 10 heteroatoms. The van der Waals surface area contributed by atoms with E-state index in [1.807, 2.05) is 42.5 Å². The smallest absolute Gasteiger partial charge is 0.268 e. The third-order valence-corrected chi connectivity index (χ3v) is 9.75. The molecule has 1 aliphatic carbocycles. The Morgan fingerprint density at radius 3 is 2.45 bits per heavy atom. The Kier molecular flexibility index (Phi) is 8.58. The molecule has 0 spiro atoms. The van der Waals surface area contributed by atoms with E-state index in [1.54, 1.807) is 24.3 Å². The highest BCUT2D eigenvalue weighted by atomic mass is 32.2.